The van der Waals surface area contributed by atoms with Crippen molar-refractivity contribution in [2.75, 3.05) is 0 Å². The minimum Gasteiger partial charge on any atom is -0.284 e. The van der Waals surface area contributed by atoms with Gasteiger partial charge < -0.3 is 0 Å². The number of hydrogen-bond acceptors (Lipinski definition) is 5. The lowest BCUT2D eigenvalue weighted by atomic mass is 10.2. The van der Waals surface area contributed by atoms with Gasteiger partial charge in [-0.3, -0.25) is 18.5 Å². The van der Waals surface area contributed by atoms with Crippen LogP contribution in [0.4, 0.5) is 13.2 Å². The number of halogens is 3. The van der Waals surface area contributed by atoms with Gasteiger partial charge in [0.1, 0.15) is 11.2 Å². The SMILES string of the molecule is CCCn1cnn(Cc2sc3c(c2C)c(=O)n(CC)c(=O)n3CCC(F)(F)F)c1=O. The number of thiophene rings is 1. The highest BCUT2D eigenvalue weighted by Gasteiger charge is 2.28. The highest BCUT2D eigenvalue weighted by Crippen LogP contribution is 2.29. The molecular weight excluding hydrogens is 423 g/mol. The third kappa shape index (κ3) is 4.00. The van der Waals surface area contributed by atoms with Gasteiger partial charge in [-0.15, -0.1) is 11.3 Å². The van der Waals surface area contributed by atoms with Crippen LogP contribution in [0.5, 0.6) is 0 Å². The lowest BCUT2D eigenvalue weighted by Crippen LogP contribution is -2.39. The molecule has 0 N–H and O–H groups in total. The summed E-state index contributed by atoms with van der Waals surface area (Å²) < 4.78 is 43.0. The quantitative estimate of drug-likeness (QED) is 0.559. The summed E-state index contributed by atoms with van der Waals surface area (Å²) in [5, 5.41) is 4.29. The van der Waals surface area contributed by atoms with Gasteiger partial charge in [0, 0.05) is 24.5 Å². The van der Waals surface area contributed by atoms with Crippen LogP contribution in [-0.4, -0.2) is 29.7 Å². The van der Waals surface area contributed by atoms with Crippen LogP contribution in [0.15, 0.2) is 20.7 Å². The van der Waals surface area contributed by atoms with Crippen LogP contribution in [0.25, 0.3) is 10.2 Å². The minimum atomic E-state index is -4.44. The Labute approximate surface area is 172 Å². The van der Waals surface area contributed by atoms with Crippen molar-refractivity contribution in [1.29, 1.82) is 0 Å². The second kappa shape index (κ2) is 8.25. The van der Waals surface area contributed by atoms with E-state index in [1.54, 1.807) is 13.8 Å². The fourth-order valence-electron chi connectivity index (χ4n) is 3.32. The monoisotopic (exact) mass is 445 g/mol. The first-order valence-electron chi connectivity index (χ1n) is 9.53. The van der Waals surface area contributed by atoms with E-state index in [2.05, 4.69) is 5.10 Å². The van der Waals surface area contributed by atoms with E-state index in [9.17, 15) is 27.6 Å². The Morgan fingerprint density at radius 2 is 1.77 bits per heavy atom. The Morgan fingerprint density at radius 3 is 2.37 bits per heavy atom. The molecule has 0 atom stereocenters. The van der Waals surface area contributed by atoms with Gasteiger partial charge in [0.15, 0.2) is 0 Å². The van der Waals surface area contributed by atoms with Gasteiger partial charge in [-0.1, -0.05) is 6.92 Å². The molecule has 0 aliphatic heterocycles. The number of alkyl halides is 3. The minimum absolute atomic E-state index is 0.0468. The average Bonchev–Trinajstić information content (AvgIpc) is 3.16. The molecule has 3 rings (SSSR count). The smallest absolute Gasteiger partial charge is 0.284 e. The van der Waals surface area contributed by atoms with Crippen LogP contribution in [-0.2, 0) is 26.2 Å². The Bertz CT molecular complexity index is 1250. The van der Waals surface area contributed by atoms with E-state index in [-0.39, 0.29) is 29.0 Å². The van der Waals surface area contributed by atoms with Crippen LogP contribution < -0.4 is 16.9 Å². The topological polar surface area (TPSA) is 83.8 Å². The van der Waals surface area contributed by atoms with Crippen LogP contribution in [0, 0.1) is 6.92 Å². The molecule has 12 heteroatoms. The second-order valence-electron chi connectivity index (χ2n) is 6.94. The zero-order valence-corrected chi connectivity index (χ0v) is 17.6. The van der Waals surface area contributed by atoms with Gasteiger partial charge >= 0.3 is 17.6 Å². The van der Waals surface area contributed by atoms with Gasteiger partial charge in [0.05, 0.1) is 18.4 Å². The number of fused-ring (bicyclic) bond motifs is 1. The Kier molecular flexibility index (Phi) is 6.06. The maximum atomic E-state index is 12.8. The molecule has 0 bridgehead atoms. The van der Waals surface area contributed by atoms with Crippen LogP contribution in [0.3, 0.4) is 0 Å². The first-order valence-corrected chi connectivity index (χ1v) is 10.3. The Morgan fingerprint density at radius 1 is 1.07 bits per heavy atom. The average molecular weight is 445 g/mol. The largest absolute Gasteiger partial charge is 0.390 e. The molecule has 0 saturated carbocycles. The van der Waals surface area contributed by atoms with Gasteiger partial charge in [0.25, 0.3) is 5.56 Å². The van der Waals surface area contributed by atoms with Crippen LogP contribution >= 0.6 is 11.3 Å². The highest BCUT2D eigenvalue weighted by molar-refractivity contribution is 7.18. The summed E-state index contributed by atoms with van der Waals surface area (Å²) in [6.45, 7) is 5.24. The summed E-state index contributed by atoms with van der Waals surface area (Å²) in [5.74, 6) is 0. The van der Waals surface area contributed by atoms with Crippen molar-refractivity contribution in [3.63, 3.8) is 0 Å². The van der Waals surface area contributed by atoms with E-state index in [1.807, 2.05) is 6.92 Å². The first kappa shape index (κ1) is 22.1. The number of aromatic nitrogens is 5. The van der Waals surface area contributed by atoms with E-state index in [1.165, 1.54) is 15.6 Å². The van der Waals surface area contributed by atoms with E-state index in [0.29, 0.717) is 17.0 Å². The molecule has 0 aliphatic rings. The van der Waals surface area contributed by atoms with Gasteiger partial charge in [-0.25, -0.2) is 14.3 Å². The Balaban J connectivity index is 2.16. The zero-order valence-electron chi connectivity index (χ0n) is 16.8. The van der Waals surface area contributed by atoms with Crippen molar-refractivity contribution in [1.82, 2.24) is 23.5 Å². The molecule has 0 aromatic carbocycles. The third-order valence-electron chi connectivity index (χ3n) is 4.88. The third-order valence-corrected chi connectivity index (χ3v) is 6.18. The fraction of sp³-hybridized carbons (Fsp3) is 0.556. The van der Waals surface area contributed by atoms with E-state index >= 15 is 0 Å². The molecule has 0 unspecified atom stereocenters. The van der Waals surface area contributed by atoms with Gasteiger partial charge in [-0.2, -0.15) is 18.3 Å². The van der Waals surface area contributed by atoms with Crippen molar-refractivity contribution in [3.8, 4) is 0 Å². The number of rotatable bonds is 7. The Hall–Kier alpha value is -2.63. The van der Waals surface area contributed by atoms with E-state index < -0.39 is 30.4 Å². The standard InChI is InChI=1S/C18H22F3N5O3S/c1-4-7-23-10-22-26(16(23)28)9-12-11(3)13-14(27)24(5-2)17(29)25(15(13)30-12)8-6-18(19,20)21/h10H,4-9H2,1-3H3. The lowest BCUT2D eigenvalue weighted by molar-refractivity contribution is -0.136. The zero-order chi connectivity index (χ0) is 22.2. The fourth-order valence-corrected chi connectivity index (χ4v) is 4.61. The van der Waals surface area contributed by atoms with Crippen LogP contribution in [0.1, 0.15) is 37.1 Å². The van der Waals surface area contributed by atoms with Crippen molar-refractivity contribution >= 4 is 21.6 Å². The molecule has 0 saturated heterocycles. The molecule has 0 spiro atoms. The predicted octanol–water partition coefficient (Wildman–Crippen LogP) is 2.32. The van der Waals surface area contributed by atoms with Gasteiger partial charge in [0.2, 0.25) is 0 Å². The van der Waals surface area contributed by atoms with Crippen molar-refractivity contribution in [2.45, 2.75) is 66.0 Å². The first-order chi connectivity index (χ1) is 14.1. The second-order valence-corrected chi connectivity index (χ2v) is 8.03. The molecule has 3 heterocycles. The molecule has 0 radical (unpaired) electrons. The number of aryl methyl sites for hydroxylation is 3. The summed E-state index contributed by atoms with van der Waals surface area (Å²) in [7, 11) is 0. The molecule has 0 fully saturated rings. The van der Waals surface area contributed by atoms with Gasteiger partial charge in [-0.05, 0) is 25.8 Å². The summed E-state index contributed by atoms with van der Waals surface area (Å²) in [6, 6.07) is 0. The van der Waals surface area contributed by atoms with E-state index in [0.717, 1.165) is 26.9 Å². The number of nitrogens with zero attached hydrogens (tertiary/aromatic N) is 5. The maximum absolute atomic E-state index is 12.8. The molecule has 0 amide bonds. The lowest BCUT2D eigenvalue weighted by Gasteiger charge is -2.12. The normalized spacial score (nSPS) is 12.2. The molecule has 0 aliphatic carbocycles. The summed E-state index contributed by atoms with van der Waals surface area (Å²) in [4.78, 5) is 38.7. The van der Waals surface area contributed by atoms with Crippen molar-refractivity contribution < 1.29 is 13.2 Å². The molecule has 3 aromatic heterocycles. The predicted molar refractivity (Wildman–Crippen MR) is 107 cm³/mol. The molecule has 30 heavy (non-hydrogen) atoms. The molecule has 3 aromatic rings. The van der Waals surface area contributed by atoms with Crippen molar-refractivity contribution in [3.05, 3.63) is 48.1 Å². The maximum Gasteiger partial charge on any atom is 0.390 e. The summed E-state index contributed by atoms with van der Waals surface area (Å²) in [6.07, 6.45) is -3.43. The molecule has 8 nitrogen and oxygen atoms in total. The van der Waals surface area contributed by atoms with Crippen LogP contribution in [0.2, 0.25) is 0 Å². The molecule has 164 valence electrons. The number of hydrogen-bond donors (Lipinski definition) is 0. The summed E-state index contributed by atoms with van der Waals surface area (Å²) in [5.41, 5.74) is -1.07. The van der Waals surface area contributed by atoms with Crippen molar-refractivity contribution in [2.24, 2.45) is 0 Å². The van der Waals surface area contributed by atoms with E-state index in [4.69, 9.17) is 0 Å². The summed E-state index contributed by atoms with van der Waals surface area (Å²) >= 11 is 1.05. The molecular formula is C18H22F3N5O3S. The highest BCUT2D eigenvalue weighted by atomic mass is 32.1.